The summed E-state index contributed by atoms with van der Waals surface area (Å²) in [7, 11) is 1.27. The topological polar surface area (TPSA) is 111 Å². The Morgan fingerprint density at radius 3 is 2.58 bits per heavy atom. The normalized spacial score (nSPS) is 23.6. The number of likely N-dealkylation sites (tertiary alicyclic amines) is 1. The number of hydrogen-bond acceptors (Lipinski definition) is 8. The minimum absolute atomic E-state index is 0.131. The number of rotatable bonds is 8. The molecule has 38 heavy (non-hydrogen) atoms. The molecule has 0 aliphatic carbocycles. The molecule has 0 N–H and O–H groups in total. The van der Waals surface area contributed by atoms with Gasteiger partial charge in [-0.15, -0.1) is 0 Å². The molecule has 2 aromatic rings. The zero-order chi connectivity index (χ0) is 27.4. The molecule has 0 radical (unpaired) electrons. The van der Waals surface area contributed by atoms with Crippen LogP contribution in [-0.4, -0.2) is 59.8 Å². The fraction of sp³-hybridized carbons (Fsp3) is 0.414. The fourth-order valence-corrected chi connectivity index (χ4v) is 5.44. The highest BCUT2D eigenvalue weighted by Gasteiger charge is 2.45. The Balaban J connectivity index is 1.59. The Kier molecular flexibility index (Phi) is 8.06. The van der Waals surface area contributed by atoms with Crippen molar-refractivity contribution in [1.82, 2.24) is 4.90 Å². The number of carbonyl (C=O) groups is 2. The van der Waals surface area contributed by atoms with E-state index in [9.17, 15) is 19.7 Å². The van der Waals surface area contributed by atoms with E-state index in [2.05, 4.69) is 22.0 Å². The van der Waals surface area contributed by atoms with Crippen molar-refractivity contribution in [3.63, 3.8) is 0 Å². The highest BCUT2D eigenvalue weighted by Crippen LogP contribution is 2.42. The van der Waals surface area contributed by atoms with Crippen LogP contribution in [0.1, 0.15) is 44.2 Å². The zero-order valence-electron chi connectivity index (χ0n) is 22.2. The maximum absolute atomic E-state index is 13.8. The van der Waals surface area contributed by atoms with Crippen molar-refractivity contribution in [2.45, 2.75) is 45.1 Å². The molecule has 1 saturated heterocycles. The monoisotopic (exact) mass is 519 g/mol. The summed E-state index contributed by atoms with van der Waals surface area (Å²) in [6.45, 7) is 7.54. The van der Waals surface area contributed by atoms with E-state index in [4.69, 9.17) is 9.47 Å². The molecule has 9 heteroatoms. The second-order valence-corrected chi connectivity index (χ2v) is 10.2. The molecule has 4 rings (SSSR count). The van der Waals surface area contributed by atoms with Crippen molar-refractivity contribution >= 4 is 23.3 Å². The van der Waals surface area contributed by atoms with Crippen molar-refractivity contribution in [3.8, 4) is 0 Å². The molecule has 0 aromatic heterocycles. The summed E-state index contributed by atoms with van der Waals surface area (Å²) in [4.78, 5) is 44.4. The third-order valence-corrected chi connectivity index (χ3v) is 7.36. The van der Waals surface area contributed by atoms with Crippen LogP contribution in [0.15, 0.2) is 70.9 Å². The Bertz CT molecular complexity index is 1290. The second-order valence-electron chi connectivity index (χ2n) is 10.2. The Morgan fingerprint density at radius 1 is 1.16 bits per heavy atom. The number of nitrogens with zero attached hydrogens (tertiary/aromatic N) is 3. The maximum atomic E-state index is 13.8. The number of non-ortho nitro benzene ring substituents is 1. The molecule has 2 heterocycles. The van der Waals surface area contributed by atoms with Crippen LogP contribution in [0.3, 0.4) is 0 Å². The van der Waals surface area contributed by atoms with E-state index in [0.717, 1.165) is 19.5 Å². The van der Waals surface area contributed by atoms with Gasteiger partial charge in [-0.05, 0) is 38.3 Å². The zero-order valence-corrected chi connectivity index (χ0v) is 22.2. The lowest BCUT2D eigenvalue weighted by atomic mass is 9.75. The van der Waals surface area contributed by atoms with E-state index in [1.807, 2.05) is 25.1 Å². The number of ether oxygens (including phenoxy) is 2. The molecule has 0 spiro atoms. The third-order valence-electron chi connectivity index (χ3n) is 7.36. The molecule has 2 aromatic carbocycles. The molecule has 2 aliphatic heterocycles. The number of allylic oxidation sites excluding steroid dienone is 1. The number of esters is 2. The van der Waals surface area contributed by atoms with Crippen molar-refractivity contribution in [3.05, 3.63) is 87.1 Å². The third kappa shape index (κ3) is 5.83. The summed E-state index contributed by atoms with van der Waals surface area (Å²) in [6, 6.07) is 16.2. The summed E-state index contributed by atoms with van der Waals surface area (Å²) < 4.78 is 11.2. The minimum Gasteiger partial charge on any atom is -0.468 e. The summed E-state index contributed by atoms with van der Waals surface area (Å²) in [6.07, 6.45) is 1.57. The Morgan fingerprint density at radius 2 is 1.89 bits per heavy atom. The number of methoxy groups -OCH3 is 1. The van der Waals surface area contributed by atoms with E-state index >= 15 is 0 Å². The lowest BCUT2D eigenvalue weighted by Gasteiger charge is -2.33. The lowest BCUT2D eigenvalue weighted by molar-refractivity contribution is -0.384. The molecule has 9 nitrogen and oxygen atoms in total. The number of nitro groups is 1. The molecular formula is C29H33N3O6. The molecule has 1 fully saturated rings. The van der Waals surface area contributed by atoms with Gasteiger partial charge >= 0.3 is 11.9 Å². The average molecular weight is 520 g/mol. The van der Waals surface area contributed by atoms with Crippen molar-refractivity contribution < 1.29 is 24.0 Å². The first kappa shape index (κ1) is 27.2. The summed E-state index contributed by atoms with van der Waals surface area (Å²) >= 11 is 0. The van der Waals surface area contributed by atoms with Gasteiger partial charge in [0.05, 0.1) is 17.6 Å². The van der Waals surface area contributed by atoms with Crippen LogP contribution in [0.5, 0.6) is 0 Å². The van der Waals surface area contributed by atoms with E-state index in [-0.39, 0.29) is 11.3 Å². The predicted molar refractivity (Wildman–Crippen MR) is 143 cm³/mol. The van der Waals surface area contributed by atoms with E-state index in [1.54, 1.807) is 26.0 Å². The molecule has 0 saturated carbocycles. The molecule has 3 atom stereocenters. The van der Waals surface area contributed by atoms with E-state index in [1.165, 1.54) is 24.8 Å². The summed E-state index contributed by atoms with van der Waals surface area (Å²) in [5.41, 5.74) is 1.97. The van der Waals surface area contributed by atoms with Crippen molar-refractivity contribution in [1.29, 1.82) is 0 Å². The number of carbonyl (C=O) groups excluding carboxylic acids is 2. The first-order valence-electron chi connectivity index (χ1n) is 12.7. The van der Waals surface area contributed by atoms with Gasteiger partial charge in [-0.25, -0.2) is 4.79 Å². The average Bonchev–Trinajstić information content (AvgIpc) is 3.27. The highest BCUT2D eigenvalue weighted by atomic mass is 16.6. The van der Waals surface area contributed by atoms with Gasteiger partial charge < -0.3 is 9.47 Å². The van der Waals surface area contributed by atoms with Crippen molar-refractivity contribution in [2.24, 2.45) is 10.9 Å². The molecule has 0 amide bonds. The van der Waals surface area contributed by atoms with Gasteiger partial charge in [0.25, 0.3) is 5.69 Å². The van der Waals surface area contributed by atoms with Gasteiger partial charge in [-0.1, -0.05) is 42.5 Å². The largest absolute Gasteiger partial charge is 0.468 e. The van der Waals surface area contributed by atoms with Crippen LogP contribution >= 0.6 is 0 Å². The molecule has 2 aliphatic rings. The van der Waals surface area contributed by atoms with Crippen LogP contribution in [0, 0.1) is 16.0 Å². The number of hydrogen-bond donors (Lipinski definition) is 0. The molecule has 200 valence electrons. The number of aliphatic imine (C=N–C) groups is 1. The summed E-state index contributed by atoms with van der Waals surface area (Å²) in [5.74, 6) is -2.88. The Labute approximate surface area is 222 Å². The van der Waals surface area contributed by atoms with Gasteiger partial charge in [0.2, 0.25) is 0 Å². The van der Waals surface area contributed by atoms with Gasteiger partial charge in [-0.2, -0.15) is 0 Å². The van der Waals surface area contributed by atoms with Crippen LogP contribution in [-0.2, 0) is 25.5 Å². The van der Waals surface area contributed by atoms with Gasteiger partial charge in [0.15, 0.2) is 0 Å². The van der Waals surface area contributed by atoms with Gasteiger partial charge in [-0.3, -0.25) is 24.8 Å². The molecule has 2 unspecified atom stereocenters. The van der Waals surface area contributed by atoms with Crippen LogP contribution in [0.25, 0.3) is 0 Å². The van der Waals surface area contributed by atoms with Crippen molar-refractivity contribution in [2.75, 3.05) is 26.7 Å². The smallest absolute Gasteiger partial charge is 0.337 e. The van der Waals surface area contributed by atoms with Crippen LogP contribution in [0.4, 0.5) is 5.69 Å². The predicted octanol–water partition coefficient (Wildman–Crippen LogP) is 4.47. The summed E-state index contributed by atoms with van der Waals surface area (Å²) in [5, 5.41) is 11.5. The van der Waals surface area contributed by atoms with E-state index < -0.39 is 34.3 Å². The molecule has 0 bridgehead atoms. The number of benzene rings is 2. The fourth-order valence-electron chi connectivity index (χ4n) is 5.44. The minimum atomic E-state index is -0.910. The van der Waals surface area contributed by atoms with Crippen LogP contribution < -0.4 is 0 Å². The SMILES string of the molecule is COC(=O)C1C(C)=NC(C)=C(C(=O)OC2(C)CCN(CCc3ccccc3)C2)[C@H]1c1cccc([N+](=O)[O-])c1. The molecular weight excluding hydrogens is 486 g/mol. The standard InChI is InChI=1S/C29H33N3O6/c1-19-24(27(33)37-4)26(22-11-8-12-23(17-22)32(35)36)25(20(2)30-19)28(34)38-29(3)14-16-31(18-29)15-13-21-9-6-5-7-10-21/h5-12,17,24,26H,13-16,18H2,1-4H3/t24?,26-,29?/m0/s1. The van der Waals surface area contributed by atoms with Gasteiger partial charge in [0.1, 0.15) is 11.5 Å². The first-order valence-corrected chi connectivity index (χ1v) is 12.7. The first-order chi connectivity index (χ1) is 18.1. The highest BCUT2D eigenvalue weighted by molar-refractivity contribution is 6.07. The lowest BCUT2D eigenvalue weighted by Crippen LogP contribution is -2.40. The second kappa shape index (κ2) is 11.3. The van der Waals surface area contributed by atoms with Gasteiger partial charge in [0, 0.05) is 55.5 Å². The van der Waals surface area contributed by atoms with Crippen LogP contribution in [0.2, 0.25) is 0 Å². The Hall–Kier alpha value is -3.85. The van der Waals surface area contributed by atoms with E-state index in [0.29, 0.717) is 29.9 Å². The number of nitro benzene ring substituents is 1. The maximum Gasteiger partial charge on any atom is 0.337 e. The quantitative estimate of drug-likeness (QED) is 0.287.